The van der Waals surface area contributed by atoms with Crippen LogP contribution in [0.25, 0.3) is 0 Å². The summed E-state index contributed by atoms with van der Waals surface area (Å²) in [5.41, 5.74) is 6.74. The zero-order valence-corrected chi connectivity index (χ0v) is 20.7. The molecule has 196 valence electrons. The number of halogens is 3. The van der Waals surface area contributed by atoms with Gasteiger partial charge in [0.05, 0.1) is 12.9 Å². The van der Waals surface area contributed by atoms with Gasteiger partial charge in [-0.1, -0.05) is 0 Å². The average Bonchev–Trinajstić information content (AvgIpc) is 3.13. The molecule has 2 aromatic rings. The number of rotatable bonds is 9. The highest BCUT2D eigenvalue weighted by Gasteiger charge is 2.47. The fraction of sp³-hybridized carbons (Fsp3) is 0.480. The molecule has 3 atom stereocenters. The second-order valence-corrected chi connectivity index (χ2v) is 11.5. The SMILES string of the molecule is COc1ccc(C(=O)NCCS(=O)(=O)N2[C@@H]3CC[C@@H]2CC([C@H](N)Cc2cc(F)c(F)cc2F)C3)cc1. The van der Waals surface area contributed by atoms with Crippen LogP contribution in [-0.2, 0) is 16.4 Å². The summed E-state index contributed by atoms with van der Waals surface area (Å²) in [6.07, 6.45) is 2.47. The fourth-order valence-electron chi connectivity index (χ4n) is 5.36. The first-order chi connectivity index (χ1) is 17.1. The van der Waals surface area contributed by atoms with Gasteiger partial charge in [-0.3, -0.25) is 4.79 Å². The maximum atomic E-state index is 14.1. The van der Waals surface area contributed by atoms with Crippen LogP contribution >= 0.6 is 0 Å². The number of carbonyl (C=O) groups excluding carboxylic acids is 1. The molecular formula is C25H30F3N3O4S. The Morgan fingerprint density at radius 1 is 1.08 bits per heavy atom. The standard InChI is InChI=1S/C25H30F3N3O4S/c1-35-20-6-2-15(3-7-20)25(32)30-8-9-36(33,34)31-18-4-5-19(31)11-17(10-18)24(29)13-16-12-22(27)23(28)14-21(16)26/h2-3,6-7,12,14,17-19,24H,4-5,8-11,13,29H2,1H3,(H,30,32)/t18-,19-,24-/m1/s1. The molecule has 0 aromatic heterocycles. The maximum absolute atomic E-state index is 14.1. The van der Waals surface area contributed by atoms with Crippen molar-refractivity contribution in [2.75, 3.05) is 19.4 Å². The molecule has 0 aliphatic carbocycles. The smallest absolute Gasteiger partial charge is 0.251 e. The van der Waals surface area contributed by atoms with Gasteiger partial charge in [0.2, 0.25) is 10.0 Å². The molecule has 4 rings (SSSR count). The third kappa shape index (κ3) is 5.68. The first-order valence-electron chi connectivity index (χ1n) is 11.9. The lowest BCUT2D eigenvalue weighted by atomic mass is 9.83. The highest BCUT2D eigenvalue weighted by atomic mass is 32.2. The minimum Gasteiger partial charge on any atom is -0.497 e. The monoisotopic (exact) mass is 525 g/mol. The maximum Gasteiger partial charge on any atom is 0.251 e. The summed E-state index contributed by atoms with van der Waals surface area (Å²) in [6, 6.07) is 6.89. The second-order valence-electron chi connectivity index (χ2n) is 9.47. The number of ether oxygens (including phenoxy) is 1. The molecule has 0 unspecified atom stereocenters. The van der Waals surface area contributed by atoms with Gasteiger partial charge in [0.1, 0.15) is 11.6 Å². The number of piperidine rings is 1. The van der Waals surface area contributed by atoms with Crippen LogP contribution in [0, 0.1) is 23.4 Å². The van der Waals surface area contributed by atoms with Crippen LogP contribution in [0.4, 0.5) is 13.2 Å². The summed E-state index contributed by atoms with van der Waals surface area (Å²) >= 11 is 0. The highest BCUT2D eigenvalue weighted by molar-refractivity contribution is 7.89. The van der Waals surface area contributed by atoms with E-state index in [0.29, 0.717) is 43.1 Å². The molecule has 2 heterocycles. The number of benzene rings is 2. The molecule has 0 radical (unpaired) electrons. The van der Waals surface area contributed by atoms with Crippen molar-refractivity contribution in [3.8, 4) is 5.75 Å². The van der Waals surface area contributed by atoms with E-state index in [-0.39, 0.29) is 48.2 Å². The predicted molar refractivity (Wildman–Crippen MR) is 128 cm³/mol. The van der Waals surface area contributed by atoms with Gasteiger partial charge in [-0.2, -0.15) is 4.31 Å². The van der Waals surface area contributed by atoms with Crippen LogP contribution in [0.1, 0.15) is 41.6 Å². The first-order valence-corrected chi connectivity index (χ1v) is 13.5. The van der Waals surface area contributed by atoms with Gasteiger partial charge in [-0.25, -0.2) is 21.6 Å². The molecule has 2 saturated heterocycles. The molecule has 3 N–H and O–H groups in total. The highest BCUT2D eigenvalue weighted by Crippen LogP contribution is 2.42. The molecule has 2 aliphatic rings. The number of nitrogens with one attached hydrogen (secondary N) is 1. The van der Waals surface area contributed by atoms with Crippen LogP contribution in [0.15, 0.2) is 36.4 Å². The molecule has 1 amide bonds. The number of hydrogen-bond acceptors (Lipinski definition) is 5. The topological polar surface area (TPSA) is 102 Å². The molecular weight excluding hydrogens is 495 g/mol. The molecule has 2 bridgehead atoms. The van der Waals surface area contributed by atoms with E-state index in [2.05, 4.69) is 5.32 Å². The Kier molecular flexibility index (Phi) is 7.91. The number of hydrogen-bond donors (Lipinski definition) is 2. The van der Waals surface area contributed by atoms with E-state index < -0.39 is 33.5 Å². The van der Waals surface area contributed by atoms with E-state index in [0.717, 1.165) is 6.07 Å². The number of methoxy groups -OCH3 is 1. The van der Waals surface area contributed by atoms with Crippen molar-refractivity contribution >= 4 is 15.9 Å². The van der Waals surface area contributed by atoms with Crippen molar-refractivity contribution in [1.29, 1.82) is 0 Å². The van der Waals surface area contributed by atoms with Crippen LogP contribution in [0.2, 0.25) is 0 Å². The lowest BCUT2D eigenvalue weighted by Gasteiger charge is -2.40. The molecule has 36 heavy (non-hydrogen) atoms. The number of sulfonamides is 1. The minimum absolute atomic E-state index is 0.0106. The summed E-state index contributed by atoms with van der Waals surface area (Å²) in [7, 11) is -2.10. The zero-order valence-electron chi connectivity index (χ0n) is 19.9. The first kappa shape index (κ1) is 26.4. The Morgan fingerprint density at radius 2 is 1.69 bits per heavy atom. The Labute approximate surface area is 208 Å². The Hall–Kier alpha value is -2.63. The molecule has 0 saturated carbocycles. The minimum atomic E-state index is -3.63. The normalized spacial score (nSPS) is 22.9. The van der Waals surface area contributed by atoms with Crippen molar-refractivity contribution in [3.63, 3.8) is 0 Å². The summed E-state index contributed by atoms with van der Waals surface area (Å²) in [5, 5.41) is 2.65. The lowest BCUT2D eigenvalue weighted by Crippen LogP contribution is -2.51. The van der Waals surface area contributed by atoms with Crippen LogP contribution in [0.3, 0.4) is 0 Å². The largest absolute Gasteiger partial charge is 0.497 e. The van der Waals surface area contributed by atoms with Gasteiger partial charge in [0, 0.05) is 36.3 Å². The number of nitrogens with two attached hydrogens (primary N) is 1. The second kappa shape index (κ2) is 10.8. The zero-order chi connectivity index (χ0) is 26.0. The van der Waals surface area contributed by atoms with Crippen LogP contribution in [0.5, 0.6) is 5.75 Å². The Morgan fingerprint density at radius 3 is 2.31 bits per heavy atom. The van der Waals surface area contributed by atoms with E-state index in [4.69, 9.17) is 10.5 Å². The van der Waals surface area contributed by atoms with Gasteiger partial charge >= 0.3 is 0 Å². The molecule has 11 heteroatoms. The third-order valence-electron chi connectivity index (χ3n) is 7.17. The Bertz CT molecular complexity index is 1200. The van der Waals surface area contributed by atoms with Gasteiger partial charge in [0.15, 0.2) is 11.6 Å². The average molecular weight is 526 g/mol. The van der Waals surface area contributed by atoms with Gasteiger partial charge in [-0.15, -0.1) is 0 Å². The number of carbonyl (C=O) groups is 1. The van der Waals surface area contributed by atoms with Crippen LogP contribution in [-0.4, -0.2) is 56.2 Å². The van der Waals surface area contributed by atoms with Crippen molar-refractivity contribution in [2.45, 2.75) is 50.2 Å². The number of nitrogens with zero attached hydrogens (tertiary/aromatic N) is 1. The van der Waals surface area contributed by atoms with Gasteiger partial charge in [-0.05, 0) is 73.9 Å². The molecule has 7 nitrogen and oxygen atoms in total. The lowest BCUT2D eigenvalue weighted by molar-refractivity contribution is 0.0956. The number of amides is 1. The molecule has 0 spiro atoms. The van der Waals surface area contributed by atoms with E-state index in [9.17, 15) is 26.4 Å². The van der Waals surface area contributed by atoms with Crippen molar-refractivity contribution in [3.05, 3.63) is 65.0 Å². The number of fused-ring (bicyclic) bond motifs is 2. The van der Waals surface area contributed by atoms with Crippen molar-refractivity contribution in [1.82, 2.24) is 9.62 Å². The van der Waals surface area contributed by atoms with Gasteiger partial charge in [0.25, 0.3) is 5.91 Å². The summed E-state index contributed by atoms with van der Waals surface area (Å²) in [6.45, 7) is -0.0263. The Balaban J connectivity index is 1.33. The quantitative estimate of drug-likeness (QED) is 0.490. The van der Waals surface area contributed by atoms with Crippen LogP contribution < -0.4 is 15.8 Å². The molecule has 2 aliphatic heterocycles. The predicted octanol–water partition coefficient (Wildman–Crippen LogP) is 2.99. The van der Waals surface area contributed by atoms with E-state index in [1.165, 1.54) is 7.11 Å². The van der Waals surface area contributed by atoms with Crippen molar-refractivity contribution in [2.24, 2.45) is 11.7 Å². The van der Waals surface area contributed by atoms with Gasteiger partial charge < -0.3 is 15.8 Å². The summed E-state index contributed by atoms with van der Waals surface area (Å²) < 4.78 is 73.7. The third-order valence-corrected chi connectivity index (χ3v) is 9.13. The van der Waals surface area contributed by atoms with E-state index in [1.807, 2.05) is 0 Å². The van der Waals surface area contributed by atoms with E-state index in [1.54, 1.807) is 28.6 Å². The summed E-state index contributed by atoms with van der Waals surface area (Å²) in [5.74, 6) is -3.27. The molecule has 2 fully saturated rings. The van der Waals surface area contributed by atoms with Crippen molar-refractivity contribution < 1.29 is 31.1 Å². The van der Waals surface area contributed by atoms with E-state index >= 15 is 0 Å². The fourth-order valence-corrected chi connectivity index (χ4v) is 7.23. The molecule has 2 aromatic carbocycles. The summed E-state index contributed by atoms with van der Waals surface area (Å²) in [4.78, 5) is 12.3.